The fraction of sp³-hybridized carbons (Fsp3) is 0.917. The number of rotatable bonds is 8. The van der Waals surface area contributed by atoms with E-state index in [0.29, 0.717) is 24.8 Å². The highest BCUT2D eigenvalue weighted by molar-refractivity contribution is 7.85. The van der Waals surface area contributed by atoms with E-state index >= 15 is 0 Å². The maximum Gasteiger partial charge on any atom is 0.235 e. The molecule has 0 aromatic heterocycles. The van der Waals surface area contributed by atoms with Gasteiger partial charge in [-0.1, -0.05) is 13.8 Å². The van der Waals surface area contributed by atoms with Gasteiger partial charge in [-0.05, 0) is 26.8 Å². The lowest BCUT2D eigenvalue weighted by Gasteiger charge is -2.21. The van der Waals surface area contributed by atoms with Gasteiger partial charge in [0.15, 0.2) is 0 Å². The lowest BCUT2D eigenvalue weighted by Crippen LogP contribution is -2.39. The molecule has 1 amide bonds. The minimum absolute atomic E-state index is 0.00746. The SMILES string of the molecule is CCN(CC)C(=O)CS(=O)CC(NC)C(C)C. The first-order valence-corrected chi connectivity index (χ1v) is 7.74. The highest BCUT2D eigenvalue weighted by atomic mass is 32.2. The zero-order valence-corrected chi connectivity index (χ0v) is 12.5. The molecule has 0 rings (SSSR count). The van der Waals surface area contributed by atoms with Crippen LogP contribution >= 0.6 is 0 Å². The van der Waals surface area contributed by atoms with Gasteiger partial charge in [0.2, 0.25) is 5.91 Å². The molecule has 0 aliphatic rings. The summed E-state index contributed by atoms with van der Waals surface area (Å²) in [7, 11) is 0.791. The predicted molar refractivity (Wildman–Crippen MR) is 73.5 cm³/mol. The van der Waals surface area contributed by atoms with Gasteiger partial charge >= 0.3 is 0 Å². The highest BCUT2D eigenvalue weighted by Crippen LogP contribution is 2.03. The molecule has 0 aromatic rings. The predicted octanol–water partition coefficient (Wildman–Crippen LogP) is 0.848. The first-order valence-electron chi connectivity index (χ1n) is 6.26. The van der Waals surface area contributed by atoms with Crippen molar-refractivity contribution in [1.29, 1.82) is 0 Å². The van der Waals surface area contributed by atoms with E-state index in [2.05, 4.69) is 19.2 Å². The maximum atomic E-state index is 11.9. The molecule has 0 aromatic carbocycles. The molecule has 0 aliphatic heterocycles. The van der Waals surface area contributed by atoms with Crippen molar-refractivity contribution >= 4 is 16.7 Å². The Morgan fingerprint density at radius 1 is 1.29 bits per heavy atom. The Hall–Kier alpha value is -0.420. The normalized spacial score (nSPS) is 14.7. The monoisotopic (exact) mass is 262 g/mol. The number of hydrogen-bond donors (Lipinski definition) is 1. The molecule has 17 heavy (non-hydrogen) atoms. The first-order chi connectivity index (χ1) is 7.96. The van der Waals surface area contributed by atoms with Crippen molar-refractivity contribution in [2.45, 2.75) is 33.7 Å². The van der Waals surface area contributed by atoms with E-state index in [1.165, 1.54) is 0 Å². The lowest BCUT2D eigenvalue weighted by atomic mass is 10.1. The van der Waals surface area contributed by atoms with Crippen molar-refractivity contribution in [3.63, 3.8) is 0 Å². The molecule has 2 unspecified atom stereocenters. The minimum Gasteiger partial charge on any atom is -0.342 e. The summed E-state index contributed by atoms with van der Waals surface area (Å²) in [6.45, 7) is 9.43. The largest absolute Gasteiger partial charge is 0.342 e. The standard InChI is InChI=1S/C12H26N2O2S/c1-6-14(7-2)12(15)9-17(16)8-11(13-5)10(3)4/h10-11,13H,6-9H2,1-5H3. The molecule has 0 aliphatic carbocycles. The van der Waals surface area contributed by atoms with Crippen molar-refractivity contribution < 1.29 is 9.00 Å². The second kappa shape index (κ2) is 8.64. The lowest BCUT2D eigenvalue weighted by molar-refractivity contribution is -0.128. The minimum atomic E-state index is -1.08. The summed E-state index contributed by atoms with van der Waals surface area (Å²) in [6, 6.07) is 0.209. The van der Waals surface area contributed by atoms with Crippen molar-refractivity contribution in [2.75, 3.05) is 31.6 Å². The van der Waals surface area contributed by atoms with Gasteiger partial charge in [-0.25, -0.2) is 0 Å². The third-order valence-corrected chi connectivity index (χ3v) is 4.24. The number of hydrogen-bond acceptors (Lipinski definition) is 3. The summed E-state index contributed by atoms with van der Waals surface area (Å²) in [6.07, 6.45) is 0. The summed E-state index contributed by atoms with van der Waals surface area (Å²) in [4.78, 5) is 13.5. The molecule has 102 valence electrons. The smallest absolute Gasteiger partial charge is 0.235 e. The zero-order valence-electron chi connectivity index (χ0n) is 11.7. The van der Waals surface area contributed by atoms with Crippen LogP contribution in [0.25, 0.3) is 0 Å². The second-order valence-electron chi connectivity index (χ2n) is 4.46. The van der Waals surface area contributed by atoms with Crippen LogP contribution in [0.3, 0.4) is 0 Å². The van der Waals surface area contributed by atoms with Gasteiger partial charge < -0.3 is 10.2 Å². The van der Waals surface area contributed by atoms with E-state index in [1.54, 1.807) is 4.90 Å². The molecular weight excluding hydrogens is 236 g/mol. The van der Waals surface area contributed by atoms with Crippen molar-refractivity contribution in [3.8, 4) is 0 Å². The molecule has 0 fully saturated rings. The van der Waals surface area contributed by atoms with Gasteiger partial charge in [0.05, 0.1) is 0 Å². The number of carbonyl (C=O) groups excluding carboxylic acids is 1. The zero-order chi connectivity index (χ0) is 13.4. The molecule has 0 saturated heterocycles. The van der Waals surface area contributed by atoms with E-state index < -0.39 is 10.8 Å². The fourth-order valence-corrected chi connectivity index (χ4v) is 3.20. The molecule has 0 radical (unpaired) electrons. The average molecular weight is 262 g/mol. The Morgan fingerprint density at radius 3 is 2.18 bits per heavy atom. The Bertz CT molecular complexity index is 253. The van der Waals surface area contributed by atoms with Crippen molar-refractivity contribution in [2.24, 2.45) is 5.92 Å². The number of nitrogens with zero attached hydrogens (tertiary/aromatic N) is 1. The van der Waals surface area contributed by atoms with Gasteiger partial charge in [-0.2, -0.15) is 0 Å². The summed E-state index contributed by atoms with van der Waals surface area (Å²) in [5.41, 5.74) is 0. The van der Waals surface area contributed by atoms with Crippen LogP contribution in [0.5, 0.6) is 0 Å². The van der Waals surface area contributed by atoms with Gasteiger partial charge in [0.25, 0.3) is 0 Å². The molecule has 5 heteroatoms. The van der Waals surface area contributed by atoms with Crippen LogP contribution in [0.1, 0.15) is 27.7 Å². The third-order valence-electron chi connectivity index (χ3n) is 2.94. The molecule has 0 saturated carbocycles. The highest BCUT2D eigenvalue weighted by Gasteiger charge is 2.18. The number of carbonyl (C=O) groups is 1. The van der Waals surface area contributed by atoms with Crippen LogP contribution in [-0.2, 0) is 15.6 Å². The van der Waals surface area contributed by atoms with Crippen LogP contribution in [0.4, 0.5) is 0 Å². The van der Waals surface area contributed by atoms with Crippen molar-refractivity contribution in [1.82, 2.24) is 10.2 Å². The van der Waals surface area contributed by atoms with Gasteiger partial charge in [0.1, 0.15) is 5.75 Å². The molecule has 0 bridgehead atoms. The molecule has 2 atom stereocenters. The average Bonchev–Trinajstić information content (AvgIpc) is 2.27. The van der Waals surface area contributed by atoms with Crippen LogP contribution in [0.2, 0.25) is 0 Å². The van der Waals surface area contributed by atoms with E-state index in [9.17, 15) is 9.00 Å². The van der Waals surface area contributed by atoms with E-state index in [0.717, 1.165) is 0 Å². The van der Waals surface area contributed by atoms with E-state index in [1.807, 2.05) is 20.9 Å². The molecule has 0 spiro atoms. The molecule has 1 N–H and O–H groups in total. The van der Waals surface area contributed by atoms with Crippen LogP contribution < -0.4 is 5.32 Å². The Labute approximate surface area is 108 Å². The van der Waals surface area contributed by atoms with Gasteiger partial charge in [-0.3, -0.25) is 9.00 Å². The Morgan fingerprint density at radius 2 is 1.82 bits per heavy atom. The summed E-state index contributed by atoms with van der Waals surface area (Å²) < 4.78 is 11.9. The quantitative estimate of drug-likeness (QED) is 0.705. The van der Waals surface area contributed by atoms with Gasteiger partial charge in [-0.15, -0.1) is 0 Å². The topological polar surface area (TPSA) is 49.4 Å². The van der Waals surface area contributed by atoms with Crippen LogP contribution in [0, 0.1) is 5.92 Å². The second-order valence-corrected chi connectivity index (χ2v) is 5.96. The van der Waals surface area contributed by atoms with Crippen LogP contribution in [0.15, 0.2) is 0 Å². The fourth-order valence-electron chi connectivity index (χ4n) is 1.67. The summed E-state index contributed by atoms with van der Waals surface area (Å²) in [5, 5.41) is 3.14. The Kier molecular flexibility index (Phi) is 8.43. The molecular formula is C12H26N2O2S. The number of nitrogens with one attached hydrogen (secondary N) is 1. The summed E-state index contributed by atoms with van der Waals surface area (Å²) >= 11 is 0. The van der Waals surface area contributed by atoms with E-state index in [-0.39, 0.29) is 17.7 Å². The molecule has 0 heterocycles. The van der Waals surface area contributed by atoms with E-state index in [4.69, 9.17) is 0 Å². The Balaban J connectivity index is 4.21. The third kappa shape index (κ3) is 6.17. The summed E-state index contributed by atoms with van der Waals surface area (Å²) in [5.74, 6) is 1.10. The van der Waals surface area contributed by atoms with Crippen LogP contribution in [-0.4, -0.2) is 52.7 Å². The van der Waals surface area contributed by atoms with Gasteiger partial charge in [0, 0.05) is 35.7 Å². The van der Waals surface area contributed by atoms with Crippen molar-refractivity contribution in [3.05, 3.63) is 0 Å². The molecule has 4 nitrogen and oxygen atoms in total. The number of amides is 1. The maximum absolute atomic E-state index is 11.9. The first kappa shape index (κ1) is 16.6.